The third kappa shape index (κ3) is 2.55. The summed E-state index contributed by atoms with van der Waals surface area (Å²) >= 11 is 0. The van der Waals surface area contributed by atoms with Gasteiger partial charge in [0.1, 0.15) is 17.4 Å². The molecule has 0 saturated heterocycles. The Morgan fingerprint density at radius 1 is 1.48 bits per heavy atom. The summed E-state index contributed by atoms with van der Waals surface area (Å²) in [5.41, 5.74) is 0.355. The van der Waals surface area contributed by atoms with Crippen molar-refractivity contribution >= 4 is 5.91 Å². The van der Waals surface area contributed by atoms with Crippen molar-refractivity contribution in [2.45, 2.75) is 52.1 Å². The second-order valence-corrected chi connectivity index (χ2v) is 5.71. The van der Waals surface area contributed by atoms with Gasteiger partial charge >= 0.3 is 0 Å². The fraction of sp³-hybridized carbons (Fsp3) is 0.571. The van der Waals surface area contributed by atoms with Gasteiger partial charge in [-0.1, -0.05) is 13.8 Å². The van der Waals surface area contributed by atoms with E-state index in [9.17, 15) is 4.79 Å². The van der Waals surface area contributed by atoms with Crippen LogP contribution in [0.5, 0.6) is 0 Å². The molecule has 112 valence electrons. The maximum atomic E-state index is 12.2. The molecule has 0 radical (unpaired) electrons. The van der Waals surface area contributed by atoms with Crippen LogP contribution in [-0.4, -0.2) is 31.7 Å². The summed E-state index contributed by atoms with van der Waals surface area (Å²) in [6.45, 7) is 6.63. The van der Waals surface area contributed by atoms with Crippen LogP contribution in [0.3, 0.4) is 0 Å². The highest BCUT2D eigenvalue weighted by Crippen LogP contribution is 2.20. The lowest BCUT2D eigenvalue weighted by Gasteiger charge is -2.25. The van der Waals surface area contributed by atoms with Crippen molar-refractivity contribution in [3.63, 3.8) is 0 Å². The molecule has 0 saturated carbocycles. The van der Waals surface area contributed by atoms with E-state index in [4.69, 9.17) is 4.42 Å². The zero-order valence-electron chi connectivity index (χ0n) is 12.5. The van der Waals surface area contributed by atoms with Crippen molar-refractivity contribution < 1.29 is 9.21 Å². The van der Waals surface area contributed by atoms with E-state index >= 15 is 0 Å². The third-order valence-corrected chi connectivity index (χ3v) is 3.79. The van der Waals surface area contributed by atoms with E-state index in [-0.39, 0.29) is 11.9 Å². The molecule has 7 nitrogen and oxygen atoms in total. The van der Waals surface area contributed by atoms with Crippen molar-refractivity contribution in [1.82, 2.24) is 25.1 Å². The van der Waals surface area contributed by atoms with Crippen LogP contribution in [0.15, 0.2) is 10.8 Å². The normalized spacial score (nSPS) is 17.8. The number of fused-ring (bicyclic) bond motifs is 1. The largest absolute Gasteiger partial charge is 0.448 e. The van der Waals surface area contributed by atoms with Gasteiger partial charge in [0.2, 0.25) is 0 Å². The van der Waals surface area contributed by atoms with Crippen molar-refractivity contribution in [2.75, 3.05) is 0 Å². The summed E-state index contributed by atoms with van der Waals surface area (Å²) in [5.74, 6) is 2.65. The molecule has 0 spiro atoms. The molecule has 2 aromatic rings. The smallest absolute Gasteiger partial charge is 0.273 e. The first-order valence-electron chi connectivity index (χ1n) is 7.19. The Hall–Kier alpha value is -2.18. The second kappa shape index (κ2) is 5.31. The maximum absolute atomic E-state index is 12.2. The summed E-state index contributed by atoms with van der Waals surface area (Å²) in [5, 5.41) is 11.5. The highest BCUT2D eigenvalue weighted by Gasteiger charge is 2.26. The van der Waals surface area contributed by atoms with E-state index in [1.54, 1.807) is 6.92 Å². The van der Waals surface area contributed by atoms with Crippen LogP contribution < -0.4 is 5.32 Å². The number of hydrogen-bond acceptors (Lipinski definition) is 5. The fourth-order valence-electron chi connectivity index (χ4n) is 2.67. The molecule has 1 aliphatic heterocycles. The molecule has 0 fully saturated rings. The minimum absolute atomic E-state index is 0.0644. The lowest BCUT2D eigenvalue weighted by atomic mass is 10.1. The first-order valence-corrected chi connectivity index (χ1v) is 7.19. The lowest BCUT2D eigenvalue weighted by Crippen LogP contribution is -2.41. The Balaban J connectivity index is 1.73. The minimum Gasteiger partial charge on any atom is -0.448 e. The van der Waals surface area contributed by atoms with Crippen molar-refractivity contribution in [3.05, 3.63) is 29.5 Å². The first kappa shape index (κ1) is 13.8. The summed E-state index contributed by atoms with van der Waals surface area (Å²) in [7, 11) is 0. The number of carbonyl (C=O) groups excluding carboxylic acids is 1. The number of nitrogens with one attached hydrogen (secondary N) is 1. The fourth-order valence-corrected chi connectivity index (χ4v) is 2.67. The molecule has 0 aromatic carbocycles. The summed E-state index contributed by atoms with van der Waals surface area (Å²) in [4.78, 5) is 16.1. The Morgan fingerprint density at radius 3 is 2.95 bits per heavy atom. The van der Waals surface area contributed by atoms with Gasteiger partial charge in [-0.3, -0.25) is 4.79 Å². The zero-order chi connectivity index (χ0) is 15.0. The molecular weight excluding hydrogens is 270 g/mol. The Kier molecular flexibility index (Phi) is 3.48. The number of nitrogens with zero attached hydrogens (tertiary/aromatic N) is 4. The summed E-state index contributed by atoms with van der Waals surface area (Å²) < 4.78 is 7.19. The van der Waals surface area contributed by atoms with Crippen LogP contribution in [-0.2, 0) is 13.0 Å². The molecule has 3 rings (SSSR count). The molecule has 1 atom stereocenters. The van der Waals surface area contributed by atoms with Crippen LogP contribution in [0.4, 0.5) is 0 Å². The van der Waals surface area contributed by atoms with Crippen molar-refractivity contribution in [2.24, 2.45) is 0 Å². The minimum atomic E-state index is -0.186. The zero-order valence-corrected chi connectivity index (χ0v) is 12.5. The second-order valence-electron chi connectivity index (χ2n) is 5.71. The first-order chi connectivity index (χ1) is 10.1. The van der Waals surface area contributed by atoms with Gasteiger partial charge in [-0.25, -0.2) is 4.98 Å². The van der Waals surface area contributed by atoms with Crippen LogP contribution >= 0.6 is 0 Å². The number of amides is 1. The van der Waals surface area contributed by atoms with Crippen molar-refractivity contribution in [1.29, 1.82) is 0 Å². The Morgan fingerprint density at radius 2 is 2.29 bits per heavy atom. The quantitative estimate of drug-likeness (QED) is 0.924. The van der Waals surface area contributed by atoms with Crippen LogP contribution in [0, 0.1) is 6.92 Å². The van der Waals surface area contributed by atoms with E-state index in [0.29, 0.717) is 23.9 Å². The van der Waals surface area contributed by atoms with Crippen LogP contribution in [0.1, 0.15) is 54.1 Å². The number of hydrogen-bond donors (Lipinski definition) is 1. The number of oxazole rings is 1. The van der Waals surface area contributed by atoms with E-state index < -0.39 is 0 Å². The van der Waals surface area contributed by atoms with Crippen LogP contribution in [0.25, 0.3) is 0 Å². The van der Waals surface area contributed by atoms with Crippen molar-refractivity contribution in [3.8, 4) is 0 Å². The topological polar surface area (TPSA) is 85.8 Å². The van der Waals surface area contributed by atoms with Gasteiger partial charge in [0.05, 0.1) is 0 Å². The molecule has 3 heterocycles. The van der Waals surface area contributed by atoms with Gasteiger partial charge in [0.15, 0.2) is 12.1 Å². The molecule has 7 heteroatoms. The molecule has 0 unspecified atom stereocenters. The van der Waals surface area contributed by atoms with Gasteiger partial charge in [-0.05, 0) is 13.3 Å². The Bertz CT molecular complexity index is 658. The highest BCUT2D eigenvalue weighted by atomic mass is 16.3. The van der Waals surface area contributed by atoms with Gasteiger partial charge in [0.25, 0.3) is 5.91 Å². The van der Waals surface area contributed by atoms with E-state index in [1.807, 2.05) is 0 Å². The van der Waals surface area contributed by atoms with E-state index in [2.05, 4.69) is 38.9 Å². The van der Waals surface area contributed by atoms with E-state index in [1.165, 1.54) is 6.39 Å². The summed E-state index contributed by atoms with van der Waals surface area (Å²) in [6.07, 6.45) is 2.97. The predicted octanol–water partition coefficient (Wildman–Crippen LogP) is 1.44. The monoisotopic (exact) mass is 289 g/mol. The maximum Gasteiger partial charge on any atom is 0.273 e. The standard InChI is InChI=1S/C14H19N5O2/c1-8(2)13-18-17-11-5-4-10(6-19(11)13)16-14(20)12-9(3)21-7-15-12/h7-8,10H,4-6H2,1-3H3,(H,16,20)/t10-/m0/s1. The number of carbonyl (C=O) groups is 1. The van der Waals surface area contributed by atoms with Gasteiger partial charge < -0.3 is 14.3 Å². The summed E-state index contributed by atoms with van der Waals surface area (Å²) in [6, 6.07) is 0.0644. The molecule has 0 aliphatic carbocycles. The third-order valence-electron chi connectivity index (χ3n) is 3.79. The SMILES string of the molecule is Cc1ocnc1C(=O)N[C@H]1CCc2nnc(C(C)C)n2C1. The molecule has 1 N–H and O–H groups in total. The molecular formula is C14H19N5O2. The molecule has 1 aliphatic rings. The number of aromatic nitrogens is 4. The van der Waals surface area contributed by atoms with E-state index in [0.717, 1.165) is 24.5 Å². The predicted molar refractivity (Wildman–Crippen MR) is 74.9 cm³/mol. The van der Waals surface area contributed by atoms with Gasteiger partial charge in [0, 0.05) is 24.9 Å². The average Bonchev–Trinajstić information content (AvgIpc) is 3.04. The Labute approximate surface area is 122 Å². The van der Waals surface area contributed by atoms with Crippen LogP contribution in [0.2, 0.25) is 0 Å². The molecule has 0 bridgehead atoms. The molecule has 21 heavy (non-hydrogen) atoms. The number of aryl methyl sites for hydroxylation is 2. The molecule has 2 aromatic heterocycles. The average molecular weight is 289 g/mol. The highest BCUT2D eigenvalue weighted by molar-refractivity contribution is 5.93. The van der Waals surface area contributed by atoms with Gasteiger partial charge in [-0.2, -0.15) is 0 Å². The molecule has 1 amide bonds. The van der Waals surface area contributed by atoms with Gasteiger partial charge in [-0.15, -0.1) is 10.2 Å². The lowest BCUT2D eigenvalue weighted by molar-refractivity contribution is 0.0921. The number of rotatable bonds is 3.